The molecule has 0 heterocycles. The largest absolute Gasteiger partial charge is 0.399 e. The van der Waals surface area contributed by atoms with Crippen molar-refractivity contribution in [3.05, 3.63) is 29.8 Å². The van der Waals surface area contributed by atoms with E-state index in [0.717, 1.165) is 31.2 Å². The van der Waals surface area contributed by atoms with Crippen molar-refractivity contribution in [1.29, 1.82) is 0 Å². The van der Waals surface area contributed by atoms with Crippen LogP contribution in [0.2, 0.25) is 0 Å². The van der Waals surface area contributed by atoms with Gasteiger partial charge in [0.25, 0.3) is 0 Å². The Labute approximate surface area is 125 Å². The van der Waals surface area contributed by atoms with E-state index in [0.29, 0.717) is 18.5 Å². The Morgan fingerprint density at radius 3 is 2.57 bits per heavy atom. The molecule has 1 aromatic carbocycles. The summed E-state index contributed by atoms with van der Waals surface area (Å²) < 4.78 is 0. The summed E-state index contributed by atoms with van der Waals surface area (Å²) in [5.74, 6) is -0.442. The Morgan fingerprint density at radius 1 is 1.24 bits per heavy atom. The van der Waals surface area contributed by atoms with Crippen LogP contribution in [0.4, 0.5) is 5.69 Å². The van der Waals surface area contributed by atoms with Crippen LogP contribution in [0.5, 0.6) is 0 Å². The highest BCUT2D eigenvalue weighted by molar-refractivity contribution is 5.84. The minimum atomic E-state index is -0.445. The molecule has 0 radical (unpaired) electrons. The molecule has 2 rings (SSSR count). The highest BCUT2D eigenvalue weighted by atomic mass is 16.2. The Kier molecular flexibility index (Phi) is 5.20. The third-order valence-corrected chi connectivity index (χ3v) is 3.99. The van der Waals surface area contributed by atoms with Crippen molar-refractivity contribution in [3.8, 4) is 0 Å². The van der Waals surface area contributed by atoms with Crippen molar-refractivity contribution < 1.29 is 9.59 Å². The van der Waals surface area contributed by atoms with E-state index in [4.69, 9.17) is 11.5 Å². The van der Waals surface area contributed by atoms with Crippen LogP contribution in [0.25, 0.3) is 0 Å². The first-order chi connectivity index (χ1) is 10.1. The molecule has 0 spiro atoms. The van der Waals surface area contributed by atoms with Gasteiger partial charge in [-0.25, -0.2) is 0 Å². The molecule has 0 unspecified atom stereocenters. The first kappa shape index (κ1) is 15.4. The second kappa shape index (κ2) is 7.11. The molecule has 1 aliphatic carbocycles. The van der Waals surface area contributed by atoms with Gasteiger partial charge in [0.15, 0.2) is 0 Å². The normalized spacial score (nSPS) is 15.0. The molecular weight excluding hydrogens is 266 g/mol. The lowest BCUT2D eigenvalue weighted by molar-refractivity contribution is -0.137. The Morgan fingerprint density at radius 2 is 1.95 bits per heavy atom. The van der Waals surface area contributed by atoms with Crippen molar-refractivity contribution in [2.45, 2.75) is 44.6 Å². The number of rotatable bonds is 6. The number of nitrogens with two attached hydrogens (primary N) is 2. The van der Waals surface area contributed by atoms with E-state index < -0.39 is 5.91 Å². The molecule has 21 heavy (non-hydrogen) atoms. The monoisotopic (exact) mass is 289 g/mol. The summed E-state index contributed by atoms with van der Waals surface area (Å²) in [5.41, 5.74) is 12.7. The van der Waals surface area contributed by atoms with Gasteiger partial charge in [-0.1, -0.05) is 25.0 Å². The van der Waals surface area contributed by atoms with Gasteiger partial charge in [-0.15, -0.1) is 0 Å². The van der Waals surface area contributed by atoms with Crippen LogP contribution in [-0.2, 0) is 16.0 Å². The number of carbonyl (C=O) groups excluding carboxylic acids is 2. The predicted octanol–water partition coefficient (Wildman–Crippen LogP) is 1.46. The third-order valence-electron chi connectivity index (χ3n) is 3.99. The third kappa shape index (κ3) is 4.48. The SMILES string of the molecule is NC(=O)CN(C(=O)CCc1cccc(N)c1)C1CCCC1. The number of benzene rings is 1. The quantitative estimate of drug-likeness (QED) is 0.777. The van der Waals surface area contributed by atoms with Crippen molar-refractivity contribution in [1.82, 2.24) is 4.90 Å². The number of amides is 2. The maximum Gasteiger partial charge on any atom is 0.237 e. The van der Waals surface area contributed by atoms with E-state index in [9.17, 15) is 9.59 Å². The van der Waals surface area contributed by atoms with Gasteiger partial charge in [0.1, 0.15) is 0 Å². The van der Waals surface area contributed by atoms with Crippen molar-refractivity contribution in [3.63, 3.8) is 0 Å². The summed E-state index contributed by atoms with van der Waals surface area (Å²) in [5, 5.41) is 0. The fourth-order valence-corrected chi connectivity index (χ4v) is 2.95. The average Bonchev–Trinajstić information content (AvgIpc) is 2.96. The minimum absolute atomic E-state index is 0.00289. The van der Waals surface area contributed by atoms with Gasteiger partial charge in [0.05, 0.1) is 6.54 Å². The molecule has 1 saturated carbocycles. The number of anilines is 1. The van der Waals surface area contributed by atoms with E-state index in [-0.39, 0.29) is 18.5 Å². The molecule has 0 atom stereocenters. The Bertz CT molecular complexity index is 510. The van der Waals surface area contributed by atoms with Crippen molar-refractivity contribution >= 4 is 17.5 Å². The number of hydrogen-bond acceptors (Lipinski definition) is 3. The molecule has 0 bridgehead atoms. The van der Waals surface area contributed by atoms with Crippen LogP contribution in [0.15, 0.2) is 24.3 Å². The number of aryl methyl sites for hydroxylation is 1. The fraction of sp³-hybridized carbons (Fsp3) is 0.500. The molecule has 4 N–H and O–H groups in total. The van der Waals surface area contributed by atoms with Crippen LogP contribution in [-0.4, -0.2) is 29.3 Å². The predicted molar refractivity (Wildman–Crippen MR) is 82.3 cm³/mol. The molecular formula is C16H23N3O2. The second-order valence-corrected chi connectivity index (χ2v) is 5.67. The number of nitrogen functional groups attached to an aromatic ring is 1. The maximum absolute atomic E-state index is 12.4. The number of primary amides is 1. The molecule has 114 valence electrons. The Balaban J connectivity index is 1.95. The smallest absolute Gasteiger partial charge is 0.237 e. The number of nitrogens with zero attached hydrogens (tertiary/aromatic N) is 1. The van der Waals surface area contributed by atoms with E-state index in [1.165, 1.54) is 0 Å². The molecule has 0 aromatic heterocycles. The van der Waals surface area contributed by atoms with Gasteiger partial charge >= 0.3 is 0 Å². The highest BCUT2D eigenvalue weighted by Gasteiger charge is 2.27. The van der Waals surface area contributed by atoms with Gasteiger partial charge < -0.3 is 16.4 Å². The first-order valence-electron chi connectivity index (χ1n) is 7.48. The number of hydrogen-bond donors (Lipinski definition) is 2. The van der Waals surface area contributed by atoms with E-state index in [1.54, 1.807) is 4.90 Å². The van der Waals surface area contributed by atoms with Crippen LogP contribution < -0.4 is 11.5 Å². The van der Waals surface area contributed by atoms with E-state index in [2.05, 4.69) is 0 Å². The molecule has 1 fully saturated rings. The highest BCUT2D eigenvalue weighted by Crippen LogP contribution is 2.24. The summed E-state index contributed by atoms with van der Waals surface area (Å²) in [7, 11) is 0. The van der Waals surface area contributed by atoms with Gasteiger partial charge in [0.2, 0.25) is 11.8 Å². The van der Waals surface area contributed by atoms with E-state index in [1.807, 2.05) is 24.3 Å². The summed E-state index contributed by atoms with van der Waals surface area (Å²) in [6.07, 6.45) is 5.18. The summed E-state index contributed by atoms with van der Waals surface area (Å²) >= 11 is 0. The molecule has 5 nitrogen and oxygen atoms in total. The first-order valence-corrected chi connectivity index (χ1v) is 7.48. The Hall–Kier alpha value is -2.04. The van der Waals surface area contributed by atoms with Gasteiger partial charge in [-0.2, -0.15) is 0 Å². The van der Waals surface area contributed by atoms with Gasteiger partial charge in [-0.3, -0.25) is 9.59 Å². The zero-order valence-corrected chi connectivity index (χ0v) is 12.3. The molecule has 1 aliphatic rings. The van der Waals surface area contributed by atoms with Crippen LogP contribution in [0, 0.1) is 0 Å². The lowest BCUT2D eigenvalue weighted by Crippen LogP contribution is -2.44. The summed E-state index contributed by atoms with van der Waals surface area (Å²) in [6.45, 7) is 0.0282. The maximum atomic E-state index is 12.4. The molecule has 0 saturated heterocycles. The standard InChI is InChI=1S/C16H23N3O2/c17-13-5-3-4-12(10-13)8-9-16(21)19(11-15(18)20)14-6-1-2-7-14/h3-5,10,14H,1-2,6-9,11,17H2,(H2,18,20). The van der Waals surface area contributed by atoms with Crippen molar-refractivity contribution in [2.24, 2.45) is 5.73 Å². The van der Waals surface area contributed by atoms with Gasteiger partial charge in [0, 0.05) is 18.2 Å². The molecule has 1 aromatic rings. The average molecular weight is 289 g/mol. The molecule has 0 aliphatic heterocycles. The second-order valence-electron chi connectivity index (χ2n) is 5.67. The lowest BCUT2D eigenvalue weighted by atomic mass is 10.1. The summed E-state index contributed by atoms with van der Waals surface area (Å²) in [4.78, 5) is 25.3. The zero-order chi connectivity index (χ0) is 15.2. The topological polar surface area (TPSA) is 89.4 Å². The number of carbonyl (C=O) groups is 2. The minimum Gasteiger partial charge on any atom is -0.399 e. The van der Waals surface area contributed by atoms with Crippen LogP contribution >= 0.6 is 0 Å². The van der Waals surface area contributed by atoms with Crippen LogP contribution in [0.1, 0.15) is 37.7 Å². The van der Waals surface area contributed by atoms with E-state index >= 15 is 0 Å². The molecule has 5 heteroatoms. The zero-order valence-electron chi connectivity index (χ0n) is 12.3. The summed E-state index contributed by atoms with van der Waals surface area (Å²) in [6, 6.07) is 7.71. The van der Waals surface area contributed by atoms with Crippen LogP contribution in [0.3, 0.4) is 0 Å². The lowest BCUT2D eigenvalue weighted by Gasteiger charge is -2.27. The van der Waals surface area contributed by atoms with Crippen molar-refractivity contribution in [2.75, 3.05) is 12.3 Å². The van der Waals surface area contributed by atoms with Gasteiger partial charge in [-0.05, 0) is 37.0 Å². The molecule has 2 amide bonds. The fourth-order valence-electron chi connectivity index (χ4n) is 2.95.